The van der Waals surface area contributed by atoms with E-state index in [0.717, 1.165) is 0 Å². The average molecular weight is 280 g/mol. The third-order valence-electron chi connectivity index (χ3n) is 1.51. The van der Waals surface area contributed by atoms with Crippen LogP contribution in [-0.4, -0.2) is 37.8 Å². The van der Waals surface area contributed by atoms with Crippen LogP contribution in [0.4, 0.5) is 22.0 Å². The van der Waals surface area contributed by atoms with Gasteiger partial charge in [0.25, 0.3) is 6.43 Å². The Labute approximate surface area is 99.4 Å². The van der Waals surface area contributed by atoms with Gasteiger partial charge in [0.05, 0.1) is 6.54 Å². The van der Waals surface area contributed by atoms with Gasteiger partial charge in [-0.25, -0.2) is 14.1 Å². The second-order valence-corrected chi connectivity index (χ2v) is 3.17. The van der Waals surface area contributed by atoms with Crippen molar-refractivity contribution < 1.29 is 36.2 Å². The molecular formula is C8H13F5N2O3. The van der Waals surface area contributed by atoms with Crippen LogP contribution in [0.25, 0.3) is 0 Å². The number of esters is 1. The van der Waals surface area contributed by atoms with Crippen LogP contribution in [0, 0.1) is 0 Å². The minimum atomic E-state index is -4.74. The van der Waals surface area contributed by atoms with E-state index in [9.17, 15) is 26.7 Å². The second-order valence-electron chi connectivity index (χ2n) is 3.17. The molecule has 1 atom stereocenters. The Balaban J connectivity index is 4.53. The van der Waals surface area contributed by atoms with Gasteiger partial charge >= 0.3 is 18.2 Å². The zero-order chi connectivity index (χ0) is 14.4. The van der Waals surface area contributed by atoms with Gasteiger partial charge in [-0.1, -0.05) is 6.92 Å². The summed E-state index contributed by atoms with van der Waals surface area (Å²) in [6.07, 6.45) is -7.84. The highest BCUT2D eigenvalue weighted by Crippen LogP contribution is 2.17. The van der Waals surface area contributed by atoms with Crippen LogP contribution in [-0.2, 0) is 14.3 Å². The van der Waals surface area contributed by atoms with Crippen LogP contribution in [0.3, 0.4) is 0 Å². The summed E-state index contributed by atoms with van der Waals surface area (Å²) in [5, 5.41) is 1.70. The van der Waals surface area contributed by atoms with Crippen LogP contribution in [0.2, 0.25) is 0 Å². The van der Waals surface area contributed by atoms with Crippen LogP contribution in [0.5, 0.6) is 0 Å². The van der Waals surface area contributed by atoms with Crippen molar-refractivity contribution in [3.8, 4) is 0 Å². The molecule has 18 heavy (non-hydrogen) atoms. The molecule has 0 saturated heterocycles. The normalized spacial score (nSPS) is 15.6. The monoisotopic (exact) mass is 280 g/mol. The van der Waals surface area contributed by atoms with Crippen molar-refractivity contribution in [2.24, 2.45) is 5.73 Å². The third-order valence-corrected chi connectivity index (χ3v) is 1.51. The van der Waals surface area contributed by atoms with Gasteiger partial charge in [-0.2, -0.15) is 13.2 Å². The van der Waals surface area contributed by atoms with Crippen molar-refractivity contribution in [3.05, 3.63) is 0 Å². The molecule has 0 radical (unpaired) electrons. The van der Waals surface area contributed by atoms with Gasteiger partial charge in [-0.15, -0.1) is 0 Å². The molecule has 0 aliphatic rings. The minimum Gasteiger partial charge on any atom is -0.405 e. The highest BCUT2D eigenvalue weighted by atomic mass is 19.4. The molecule has 0 aromatic carbocycles. The lowest BCUT2D eigenvalue weighted by Gasteiger charge is -2.29. The number of hydrogen-bond donors (Lipinski definition) is 2. The molecule has 0 amide bonds. The van der Waals surface area contributed by atoms with Gasteiger partial charge in [0.1, 0.15) is 6.61 Å². The Morgan fingerprint density at radius 1 is 1.39 bits per heavy atom. The molecule has 108 valence electrons. The molecule has 0 heterocycles. The number of carbonyl (C=O) groups excluding carboxylic acids is 1. The maximum Gasteiger partial charge on any atom is 0.412 e. The number of nitrogens with one attached hydrogen (secondary N) is 1. The lowest BCUT2D eigenvalue weighted by molar-refractivity contribution is -0.286. The maximum absolute atomic E-state index is 11.9. The van der Waals surface area contributed by atoms with Gasteiger partial charge in [-0.05, 0) is 0 Å². The van der Waals surface area contributed by atoms with Crippen LogP contribution in [0.1, 0.15) is 13.3 Å². The van der Waals surface area contributed by atoms with Crippen molar-refractivity contribution in [2.75, 3.05) is 13.2 Å². The lowest BCUT2D eigenvalue weighted by Crippen LogP contribution is -2.60. The summed E-state index contributed by atoms with van der Waals surface area (Å²) in [5.41, 5.74) is 5.12. The molecular weight excluding hydrogens is 267 g/mol. The summed E-state index contributed by atoms with van der Waals surface area (Å²) in [5.74, 6) is -0.999. The molecule has 0 aliphatic carbocycles. The molecule has 5 nitrogen and oxygen atoms in total. The molecule has 0 bridgehead atoms. The van der Waals surface area contributed by atoms with Gasteiger partial charge in [-0.3, -0.25) is 10.5 Å². The lowest BCUT2D eigenvalue weighted by atomic mass is 10.5. The standard InChI is InChI=1S/C8H13F5N2O3/c1-2-6(16)18-8(14,15-3-5(9)10)17-4-7(11,12)13/h5,15H,2-4,14H2,1H3. The molecule has 0 rings (SSSR count). The molecule has 0 aliphatic heterocycles. The highest BCUT2D eigenvalue weighted by Gasteiger charge is 2.37. The van der Waals surface area contributed by atoms with Crippen LogP contribution >= 0.6 is 0 Å². The first kappa shape index (κ1) is 17.0. The number of nitrogens with two attached hydrogens (primary N) is 1. The summed E-state index contributed by atoms with van der Waals surface area (Å²) >= 11 is 0. The quantitative estimate of drug-likeness (QED) is 0.412. The SMILES string of the molecule is CCC(=O)OC(N)(NCC(F)F)OCC(F)(F)F. The number of rotatable bonds is 7. The molecule has 0 aromatic rings. The first-order chi connectivity index (χ1) is 8.08. The van der Waals surface area contributed by atoms with E-state index in [-0.39, 0.29) is 6.42 Å². The average Bonchev–Trinajstić information content (AvgIpc) is 2.23. The molecule has 10 heteroatoms. The first-order valence-electron chi connectivity index (χ1n) is 4.82. The van der Waals surface area contributed by atoms with Crippen molar-refractivity contribution >= 4 is 5.97 Å². The van der Waals surface area contributed by atoms with E-state index in [4.69, 9.17) is 5.73 Å². The third kappa shape index (κ3) is 8.14. The Hall–Kier alpha value is -1.00. The number of hydrogen-bond acceptors (Lipinski definition) is 5. The van der Waals surface area contributed by atoms with Crippen molar-refractivity contribution in [2.45, 2.75) is 32.0 Å². The number of halogens is 5. The van der Waals surface area contributed by atoms with E-state index in [1.807, 2.05) is 0 Å². The van der Waals surface area contributed by atoms with Gasteiger partial charge in [0, 0.05) is 6.42 Å². The van der Waals surface area contributed by atoms with Crippen LogP contribution in [0.15, 0.2) is 0 Å². The molecule has 0 fully saturated rings. The fourth-order valence-electron chi connectivity index (χ4n) is 0.766. The molecule has 0 saturated carbocycles. The van der Waals surface area contributed by atoms with Crippen molar-refractivity contribution in [1.82, 2.24) is 5.32 Å². The van der Waals surface area contributed by atoms with E-state index in [2.05, 4.69) is 9.47 Å². The fourth-order valence-corrected chi connectivity index (χ4v) is 0.766. The van der Waals surface area contributed by atoms with E-state index in [1.54, 1.807) is 5.32 Å². The summed E-state index contributed by atoms with van der Waals surface area (Å²) in [6, 6.07) is -2.74. The predicted octanol–water partition coefficient (Wildman–Crippen LogP) is 0.943. The first-order valence-corrected chi connectivity index (χ1v) is 4.82. The van der Waals surface area contributed by atoms with Crippen LogP contribution < -0.4 is 11.1 Å². The Kier molecular flexibility index (Phi) is 6.43. The zero-order valence-corrected chi connectivity index (χ0v) is 9.39. The smallest absolute Gasteiger partial charge is 0.405 e. The van der Waals surface area contributed by atoms with Gasteiger partial charge < -0.3 is 9.47 Å². The highest BCUT2D eigenvalue weighted by molar-refractivity contribution is 5.69. The summed E-state index contributed by atoms with van der Waals surface area (Å²) in [6.45, 7) is -1.60. The predicted molar refractivity (Wildman–Crippen MR) is 49.3 cm³/mol. The van der Waals surface area contributed by atoms with Crippen molar-refractivity contribution in [3.63, 3.8) is 0 Å². The topological polar surface area (TPSA) is 73.6 Å². The van der Waals surface area contributed by atoms with Crippen molar-refractivity contribution in [1.29, 1.82) is 0 Å². The summed E-state index contributed by atoms with van der Waals surface area (Å²) in [7, 11) is 0. The number of ether oxygens (including phenoxy) is 2. The fraction of sp³-hybridized carbons (Fsp3) is 0.875. The Morgan fingerprint density at radius 2 is 1.94 bits per heavy atom. The van der Waals surface area contributed by atoms with E-state index in [0.29, 0.717) is 0 Å². The largest absolute Gasteiger partial charge is 0.412 e. The minimum absolute atomic E-state index is 0.204. The van der Waals surface area contributed by atoms with Gasteiger partial charge in [0.15, 0.2) is 0 Å². The molecule has 1 unspecified atom stereocenters. The van der Waals surface area contributed by atoms with E-state index < -0.39 is 37.8 Å². The van der Waals surface area contributed by atoms with E-state index >= 15 is 0 Å². The molecule has 0 aromatic heterocycles. The summed E-state index contributed by atoms with van der Waals surface area (Å²) < 4.78 is 68.0. The maximum atomic E-state index is 11.9. The molecule has 3 N–H and O–H groups in total. The second kappa shape index (κ2) is 6.81. The summed E-state index contributed by atoms with van der Waals surface area (Å²) in [4.78, 5) is 10.9. The number of carbonyl (C=O) groups is 1. The Bertz CT molecular complexity index is 274. The van der Waals surface area contributed by atoms with Gasteiger partial charge in [0.2, 0.25) is 0 Å². The zero-order valence-electron chi connectivity index (χ0n) is 9.39. The molecule has 0 spiro atoms. The van der Waals surface area contributed by atoms with E-state index in [1.165, 1.54) is 6.92 Å². The number of alkyl halides is 5. The Morgan fingerprint density at radius 3 is 2.33 bits per heavy atom.